The average molecular weight is 245 g/mol. The van der Waals surface area contributed by atoms with Crippen molar-refractivity contribution in [2.24, 2.45) is 0 Å². The maximum Gasteiger partial charge on any atom is 0.330 e. The van der Waals surface area contributed by atoms with Crippen LogP contribution in [0.25, 0.3) is 0 Å². The summed E-state index contributed by atoms with van der Waals surface area (Å²) < 4.78 is 0. The van der Waals surface area contributed by atoms with Crippen LogP contribution in [0.5, 0.6) is 0 Å². The summed E-state index contributed by atoms with van der Waals surface area (Å²) in [6.45, 7) is 1.12. The second kappa shape index (κ2) is 4.57. The van der Waals surface area contributed by atoms with Gasteiger partial charge in [0.1, 0.15) is 5.91 Å². The third-order valence-corrected chi connectivity index (χ3v) is 1.10. The molecule has 0 N–H and O–H groups in total. The predicted molar refractivity (Wildman–Crippen MR) is 32.5 cm³/mol. The first-order valence-electron chi connectivity index (χ1n) is 3.00. The third kappa shape index (κ3) is 2.57. The molecule has 5 nitrogen and oxygen atoms in total. The number of hydroxylamine groups is 2. The zero-order chi connectivity index (χ0) is 8.43. The minimum atomic E-state index is -0.679. The second-order valence-electron chi connectivity index (χ2n) is 2.02. The smallest absolute Gasteiger partial charge is 0.330 e. The summed E-state index contributed by atoms with van der Waals surface area (Å²) in [5.74, 6) is -1.77. The summed E-state index contributed by atoms with van der Waals surface area (Å²) in [4.78, 5) is 36.0. The van der Waals surface area contributed by atoms with Gasteiger partial charge in [-0.1, -0.05) is 6.42 Å². The van der Waals surface area contributed by atoms with Crippen LogP contribution in [0.1, 0.15) is 13.3 Å². The van der Waals surface area contributed by atoms with E-state index in [-0.39, 0.29) is 39.1 Å². The van der Waals surface area contributed by atoms with Gasteiger partial charge in [-0.3, -0.25) is 11.2 Å². The number of carbonyl (C=O) groups is 3. The Labute approximate surface area is 94.3 Å². The number of rotatable bonds is 1. The fourth-order valence-corrected chi connectivity index (χ4v) is 0.688. The normalized spacial score (nSPS) is 15.2. The molecule has 6 heteroatoms. The zero-order valence-electron chi connectivity index (χ0n) is 6.44. The van der Waals surface area contributed by atoms with Crippen LogP contribution in [0, 0.1) is 6.42 Å². The van der Waals surface area contributed by atoms with E-state index in [1.165, 1.54) is 0 Å². The molecular weight excluding hydrogens is 239 g/mol. The maximum atomic E-state index is 10.7. The molecular formula is C6H6NO4Y-. The predicted octanol–water partition coefficient (Wildman–Crippen LogP) is -0.575. The van der Waals surface area contributed by atoms with E-state index >= 15 is 0 Å². The summed E-state index contributed by atoms with van der Waals surface area (Å²) in [6, 6.07) is 0. The van der Waals surface area contributed by atoms with Crippen molar-refractivity contribution < 1.29 is 51.9 Å². The van der Waals surface area contributed by atoms with Crippen molar-refractivity contribution in [3.05, 3.63) is 6.42 Å². The van der Waals surface area contributed by atoms with Gasteiger partial charge in [-0.25, -0.2) is 4.79 Å². The van der Waals surface area contributed by atoms with E-state index < -0.39 is 17.8 Å². The monoisotopic (exact) mass is 245 g/mol. The van der Waals surface area contributed by atoms with Gasteiger partial charge in [0.05, 0.1) is 0 Å². The molecule has 63 valence electrons. The van der Waals surface area contributed by atoms with Crippen molar-refractivity contribution in [3.8, 4) is 0 Å². The quantitative estimate of drug-likeness (QED) is 0.458. The van der Waals surface area contributed by atoms with Gasteiger partial charge < -0.3 is 9.63 Å². The van der Waals surface area contributed by atoms with E-state index in [0.717, 1.165) is 13.3 Å². The van der Waals surface area contributed by atoms with Crippen LogP contribution in [-0.4, -0.2) is 22.8 Å². The Morgan fingerprint density at radius 3 is 2.50 bits per heavy atom. The Kier molecular flexibility index (Phi) is 4.41. The van der Waals surface area contributed by atoms with Crippen molar-refractivity contribution in [1.29, 1.82) is 0 Å². The van der Waals surface area contributed by atoms with Crippen LogP contribution in [0.3, 0.4) is 0 Å². The minimum Gasteiger partial charge on any atom is -0.333 e. The number of nitrogens with zero attached hydrogens (tertiary/aromatic N) is 1. The molecule has 0 aromatic rings. The molecule has 2 amide bonds. The van der Waals surface area contributed by atoms with E-state index in [9.17, 15) is 14.4 Å². The van der Waals surface area contributed by atoms with Gasteiger partial charge in [-0.2, -0.15) is 0 Å². The van der Waals surface area contributed by atoms with Crippen molar-refractivity contribution in [1.82, 2.24) is 5.06 Å². The summed E-state index contributed by atoms with van der Waals surface area (Å²) in [6.07, 6.45) is 1.16. The van der Waals surface area contributed by atoms with Crippen LogP contribution in [0.15, 0.2) is 0 Å². The fourth-order valence-electron chi connectivity index (χ4n) is 0.688. The molecule has 1 aliphatic heterocycles. The standard InChI is InChI=1S/C6H6NO4.Y/c1-4(8)11-7-5(9)2-3-6(7)10;/h2H,3H2,1H3;/q-1;. The van der Waals surface area contributed by atoms with Gasteiger partial charge in [0, 0.05) is 39.6 Å². The molecule has 0 bridgehead atoms. The average Bonchev–Trinajstić information content (AvgIpc) is 2.18. The summed E-state index contributed by atoms with van der Waals surface area (Å²) in [7, 11) is 0. The number of hydrogen-bond acceptors (Lipinski definition) is 4. The fraction of sp³-hybridized carbons (Fsp3) is 0.333. The number of imide groups is 1. The molecule has 12 heavy (non-hydrogen) atoms. The Hall–Kier alpha value is -0.416. The number of hydrogen-bond donors (Lipinski definition) is 0. The first kappa shape index (κ1) is 11.6. The topological polar surface area (TPSA) is 63.7 Å². The number of amides is 2. The van der Waals surface area contributed by atoms with E-state index in [1.807, 2.05) is 0 Å². The molecule has 0 aliphatic carbocycles. The molecule has 0 aromatic heterocycles. The Bertz CT molecular complexity index is 212. The molecule has 0 spiro atoms. The van der Waals surface area contributed by atoms with Crippen LogP contribution < -0.4 is 0 Å². The molecule has 0 saturated carbocycles. The Morgan fingerprint density at radius 2 is 2.17 bits per heavy atom. The molecule has 1 heterocycles. The molecule has 1 aliphatic rings. The van der Waals surface area contributed by atoms with E-state index in [0.29, 0.717) is 5.06 Å². The van der Waals surface area contributed by atoms with Gasteiger partial charge in [0.25, 0.3) is 0 Å². The summed E-state index contributed by atoms with van der Waals surface area (Å²) in [5, 5.41) is 0.461. The third-order valence-electron chi connectivity index (χ3n) is 1.10. The Balaban J connectivity index is 0.00000121. The van der Waals surface area contributed by atoms with Crippen molar-refractivity contribution in [2.75, 3.05) is 0 Å². The van der Waals surface area contributed by atoms with E-state index in [2.05, 4.69) is 4.84 Å². The number of carbonyl (C=O) groups excluding carboxylic acids is 3. The molecule has 1 rings (SSSR count). The second-order valence-corrected chi connectivity index (χ2v) is 2.02. The molecule has 0 aromatic carbocycles. The van der Waals surface area contributed by atoms with Crippen LogP contribution in [0.2, 0.25) is 0 Å². The molecule has 0 unspecified atom stereocenters. The van der Waals surface area contributed by atoms with Crippen LogP contribution >= 0.6 is 0 Å². The van der Waals surface area contributed by atoms with Gasteiger partial charge >= 0.3 is 5.97 Å². The van der Waals surface area contributed by atoms with E-state index in [1.54, 1.807) is 0 Å². The van der Waals surface area contributed by atoms with Gasteiger partial charge in [0.15, 0.2) is 0 Å². The van der Waals surface area contributed by atoms with Gasteiger partial charge in [-0.15, -0.1) is 5.06 Å². The maximum absolute atomic E-state index is 10.7. The van der Waals surface area contributed by atoms with Crippen molar-refractivity contribution in [3.63, 3.8) is 0 Å². The molecule has 1 fully saturated rings. The SMILES string of the molecule is CC(=O)ON1C(=O)[CH-]CC1=O.[Y]. The molecule has 0 atom stereocenters. The van der Waals surface area contributed by atoms with Crippen LogP contribution in [0.4, 0.5) is 0 Å². The summed E-state index contributed by atoms with van der Waals surface area (Å²) in [5.41, 5.74) is 0. The molecule has 1 saturated heterocycles. The van der Waals surface area contributed by atoms with Gasteiger partial charge in [-0.05, 0) is 0 Å². The first-order chi connectivity index (χ1) is 5.11. The first-order valence-corrected chi connectivity index (χ1v) is 3.00. The van der Waals surface area contributed by atoms with Crippen LogP contribution in [-0.2, 0) is 51.9 Å². The van der Waals surface area contributed by atoms with E-state index in [4.69, 9.17) is 0 Å². The zero-order valence-corrected chi connectivity index (χ0v) is 9.28. The van der Waals surface area contributed by atoms with Crippen molar-refractivity contribution in [2.45, 2.75) is 13.3 Å². The summed E-state index contributed by atoms with van der Waals surface area (Å²) >= 11 is 0. The van der Waals surface area contributed by atoms with Crippen molar-refractivity contribution >= 4 is 17.8 Å². The Morgan fingerprint density at radius 1 is 1.58 bits per heavy atom. The largest absolute Gasteiger partial charge is 0.333 e. The minimum absolute atomic E-state index is 0. The molecule has 1 radical (unpaired) electrons. The van der Waals surface area contributed by atoms with Gasteiger partial charge in [0.2, 0.25) is 5.91 Å².